The summed E-state index contributed by atoms with van der Waals surface area (Å²) in [6.07, 6.45) is 0.546. The van der Waals surface area contributed by atoms with Crippen molar-refractivity contribution in [1.82, 2.24) is 5.32 Å². The van der Waals surface area contributed by atoms with Crippen LogP contribution in [0.3, 0.4) is 0 Å². The van der Waals surface area contributed by atoms with Crippen LogP contribution >= 0.6 is 27.5 Å². The average Bonchev–Trinajstić information content (AvgIpc) is 2.41. The van der Waals surface area contributed by atoms with E-state index < -0.39 is 0 Å². The molecule has 2 rings (SSSR count). The molecule has 4 heteroatoms. The molecule has 0 aromatic heterocycles. The maximum absolute atomic E-state index is 14.0. The van der Waals surface area contributed by atoms with E-state index in [-0.39, 0.29) is 16.9 Å². The van der Waals surface area contributed by atoms with E-state index in [1.165, 1.54) is 5.56 Å². The van der Waals surface area contributed by atoms with Gasteiger partial charge in [-0.05, 0) is 49.2 Å². The van der Waals surface area contributed by atoms with Crippen LogP contribution in [0.15, 0.2) is 40.9 Å². The van der Waals surface area contributed by atoms with Gasteiger partial charge in [0.2, 0.25) is 0 Å². The molecule has 0 radical (unpaired) electrons. The standard InChI is InChI=1S/C16H16BrClFN/c1-10-6-7-12(13(17)8-10)15(20-2)9-11-4-3-5-14(18)16(11)19/h3-8,15,20H,9H2,1-2H3. The molecule has 0 aliphatic rings. The Morgan fingerprint density at radius 2 is 2.05 bits per heavy atom. The summed E-state index contributed by atoms with van der Waals surface area (Å²) in [6, 6.07) is 11.3. The van der Waals surface area contributed by atoms with Gasteiger partial charge in [0, 0.05) is 10.5 Å². The zero-order valence-corrected chi connectivity index (χ0v) is 13.7. The lowest BCUT2D eigenvalue weighted by Crippen LogP contribution is -2.20. The first-order chi connectivity index (χ1) is 9.52. The van der Waals surface area contributed by atoms with Crippen molar-refractivity contribution >= 4 is 27.5 Å². The Morgan fingerprint density at radius 1 is 1.30 bits per heavy atom. The highest BCUT2D eigenvalue weighted by Crippen LogP contribution is 2.28. The van der Waals surface area contributed by atoms with E-state index in [9.17, 15) is 4.39 Å². The van der Waals surface area contributed by atoms with Gasteiger partial charge in [-0.3, -0.25) is 0 Å². The van der Waals surface area contributed by atoms with Crippen LogP contribution in [0, 0.1) is 12.7 Å². The number of halogens is 3. The van der Waals surface area contributed by atoms with Gasteiger partial charge >= 0.3 is 0 Å². The zero-order valence-electron chi connectivity index (χ0n) is 11.4. The third-order valence-corrected chi connectivity index (χ3v) is 4.31. The molecule has 2 aromatic rings. The van der Waals surface area contributed by atoms with E-state index in [2.05, 4.69) is 39.4 Å². The predicted molar refractivity (Wildman–Crippen MR) is 85.8 cm³/mol. The summed E-state index contributed by atoms with van der Waals surface area (Å²) in [5.41, 5.74) is 2.91. The summed E-state index contributed by atoms with van der Waals surface area (Å²) in [7, 11) is 1.87. The SMILES string of the molecule is CNC(Cc1cccc(Cl)c1F)c1ccc(C)cc1Br. The monoisotopic (exact) mass is 355 g/mol. The molecule has 0 spiro atoms. The van der Waals surface area contributed by atoms with Gasteiger partial charge in [0.15, 0.2) is 0 Å². The third-order valence-electron chi connectivity index (χ3n) is 3.34. The maximum atomic E-state index is 14.0. The highest BCUT2D eigenvalue weighted by atomic mass is 79.9. The molecule has 1 N–H and O–H groups in total. The number of hydrogen-bond acceptors (Lipinski definition) is 1. The molecular formula is C16H16BrClFN. The van der Waals surface area contributed by atoms with Crippen LogP contribution in [0.2, 0.25) is 5.02 Å². The molecule has 0 aliphatic carbocycles. The smallest absolute Gasteiger partial charge is 0.145 e. The first-order valence-corrected chi connectivity index (χ1v) is 7.56. The van der Waals surface area contributed by atoms with Crippen LogP contribution < -0.4 is 5.32 Å². The van der Waals surface area contributed by atoms with E-state index in [0.29, 0.717) is 12.0 Å². The number of hydrogen-bond donors (Lipinski definition) is 1. The fourth-order valence-electron chi connectivity index (χ4n) is 2.21. The molecule has 0 bridgehead atoms. The minimum absolute atomic E-state index is 0.0259. The first kappa shape index (κ1) is 15.5. The minimum atomic E-state index is -0.336. The van der Waals surface area contributed by atoms with Crippen molar-refractivity contribution < 1.29 is 4.39 Å². The fourth-order valence-corrected chi connectivity index (χ4v) is 3.17. The summed E-state index contributed by atoms with van der Waals surface area (Å²) in [4.78, 5) is 0. The van der Waals surface area contributed by atoms with Crippen molar-refractivity contribution in [2.24, 2.45) is 0 Å². The van der Waals surface area contributed by atoms with Crippen LogP contribution in [0.1, 0.15) is 22.7 Å². The molecule has 2 aromatic carbocycles. The summed E-state index contributed by atoms with van der Waals surface area (Å²) in [6.45, 7) is 2.04. The van der Waals surface area contributed by atoms with Gasteiger partial charge in [-0.2, -0.15) is 0 Å². The Kier molecular flexibility index (Phi) is 5.19. The topological polar surface area (TPSA) is 12.0 Å². The summed E-state index contributed by atoms with van der Waals surface area (Å²) in [5, 5.41) is 3.40. The average molecular weight is 357 g/mol. The Hall–Kier alpha value is -0.900. The molecule has 1 atom stereocenters. The van der Waals surface area contributed by atoms with E-state index >= 15 is 0 Å². The number of rotatable bonds is 4. The molecule has 0 aliphatic heterocycles. The molecule has 0 fully saturated rings. The zero-order chi connectivity index (χ0) is 14.7. The van der Waals surface area contributed by atoms with E-state index in [4.69, 9.17) is 11.6 Å². The Bertz CT molecular complexity index is 615. The van der Waals surface area contributed by atoms with Crippen molar-refractivity contribution in [3.63, 3.8) is 0 Å². The summed E-state index contributed by atoms with van der Waals surface area (Å²) in [5.74, 6) is -0.336. The van der Waals surface area contributed by atoms with Crippen LogP contribution in [0.25, 0.3) is 0 Å². The Morgan fingerprint density at radius 3 is 2.70 bits per heavy atom. The molecule has 0 amide bonds. The second kappa shape index (κ2) is 6.70. The molecule has 20 heavy (non-hydrogen) atoms. The third kappa shape index (κ3) is 3.40. The van der Waals surface area contributed by atoms with Crippen LogP contribution in [-0.4, -0.2) is 7.05 Å². The largest absolute Gasteiger partial charge is 0.313 e. The van der Waals surface area contributed by atoms with Crippen LogP contribution in [0.5, 0.6) is 0 Å². The Balaban J connectivity index is 2.31. The van der Waals surface area contributed by atoms with Gasteiger partial charge in [-0.15, -0.1) is 0 Å². The lowest BCUT2D eigenvalue weighted by atomic mass is 9.98. The van der Waals surface area contributed by atoms with Crippen molar-refractivity contribution in [3.8, 4) is 0 Å². The summed E-state index contributed by atoms with van der Waals surface area (Å²) < 4.78 is 15.0. The number of aryl methyl sites for hydroxylation is 1. The fraction of sp³-hybridized carbons (Fsp3) is 0.250. The molecular weight excluding hydrogens is 341 g/mol. The second-order valence-electron chi connectivity index (χ2n) is 4.78. The molecule has 0 heterocycles. The van der Waals surface area contributed by atoms with Gasteiger partial charge in [0.25, 0.3) is 0 Å². The van der Waals surface area contributed by atoms with Crippen molar-refractivity contribution in [2.75, 3.05) is 7.05 Å². The molecule has 1 unspecified atom stereocenters. The lowest BCUT2D eigenvalue weighted by Gasteiger charge is -2.19. The molecule has 0 saturated heterocycles. The molecule has 0 saturated carbocycles. The quantitative estimate of drug-likeness (QED) is 0.808. The van der Waals surface area contributed by atoms with Crippen LogP contribution in [-0.2, 0) is 6.42 Å². The van der Waals surface area contributed by atoms with Gasteiger partial charge in [-0.1, -0.05) is 51.8 Å². The van der Waals surface area contributed by atoms with E-state index in [0.717, 1.165) is 10.0 Å². The first-order valence-electron chi connectivity index (χ1n) is 6.39. The van der Waals surface area contributed by atoms with Crippen molar-refractivity contribution in [1.29, 1.82) is 0 Å². The minimum Gasteiger partial charge on any atom is -0.313 e. The van der Waals surface area contributed by atoms with E-state index in [1.54, 1.807) is 18.2 Å². The van der Waals surface area contributed by atoms with Gasteiger partial charge in [0.1, 0.15) is 5.82 Å². The van der Waals surface area contributed by atoms with E-state index in [1.807, 2.05) is 14.0 Å². The van der Waals surface area contributed by atoms with Gasteiger partial charge in [-0.25, -0.2) is 4.39 Å². The van der Waals surface area contributed by atoms with Gasteiger partial charge in [0.05, 0.1) is 5.02 Å². The normalized spacial score (nSPS) is 12.4. The Labute approximate surface area is 132 Å². The molecule has 1 nitrogen and oxygen atoms in total. The highest BCUT2D eigenvalue weighted by Gasteiger charge is 2.16. The highest BCUT2D eigenvalue weighted by molar-refractivity contribution is 9.10. The van der Waals surface area contributed by atoms with Gasteiger partial charge < -0.3 is 5.32 Å². The predicted octanol–water partition coefficient (Wildman–Crippen LogP) is 5.05. The van der Waals surface area contributed by atoms with Crippen molar-refractivity contribution in [3.05, 3.63) is 68.4 Å². The summed E-state index contributed by atoms with van der Waals surface area (Å²) >= 11 is 9.41. The number of benzene rings is 2. The second-order valence-corrected chi connectivity index (χ2v) is 6.04. The number of likely N-dealkylation sites (N-methyl/N-ethyl adjacent to an activating group) is 1. The van der Waals surface area contributed by atoms with Crippen molar-refractivity contribution in [2.45, 2.75) is 19.4 Å². The molecule has 106 valence electrons. The lowest BCUT2D eigenvalue weighted by molar-refractivity contribution is 0.553. The number of nitrogens with one attached hydrogen (secondary N) is 1. The maximum Gasteiger partial charge on any atom is 0.145 e. The van der Waals surface area contributed by atoms with Crippen LogP contribution in [0.4, 0.5) is 4.39 Å².